The molecule has 0 radical (unpaired) electrons. The van der Waals surface area contributed by atoms with Crippen molar-refractivity contribution in [3.8, 4) is 5.75 Å². The number of ether oxygens (including phenoxy) is 1. The lowest BCUT2D eigenvalue weighted by Gasteiger charge is -2.09. The summed E-state index contributed by atoms with van der Waals surface area (Å²) in [6, 6.07) is 11.4. The summed E-state index contributed by atoms with van der Waals surface area (Å²) in [6.07, 6.45) is 0. The van der Waals surface area contributed by atoms with Crippen molar-refractivity contribution in [3.63, 3.8) is 0 Å². The number of nitro groups is 1. The minimum Gasteiger partial charge on any atom is -0.487 e. The van der Waals surface area contributed by atoms with Gasteiger partial charge in [-0.3, -0.25) is 10.1 Å². The minimum absolute atomic E-state index is 0.0670. The average Bonchev–Trinajstić information content (AvgIpc) is 2.39. The van der Waals surface area contributed by atoms with E-state index in [2.05, 4.69) is 0 Å². The maximum absolute atomic E-state index is 10.6. The van der Waals surface area contributed by atoms with Crippen LogP contribution in [0.4, 0.5) is 11.4 Å². The number of halogens is 1. The molecular formula is C13H11ClN2O3. The van der Waals surface area contributed by atoms with Gasteiger partial charge in [0.2, 0.25) is 0 Å². The second kappa shape index (κ2) is 5.58. The van der Waals surface area contributed by atoms with Crippen LogP contribution in [0.3, 0.4) is 0 Å². The third kappa shape index (κ3) is 3.14. The van der Waals surface area contributed by atoms with Crippen LogP contribution < -0.4 is 10.5 Å². The molecule has 0 aliphatic rings. The van der Waals surface area contributed by atoms with Gasteiger partial charge in [-0.15, -0.1) is 0 Å². The fraction of sp³-hybridized carbons (Fsp3) is 0.0769. The van der Waals surface area contributed by atoms with Gasteiger partial charge in [0.15, 0.2) is 0 Å². The molecule has 2 rings (SSSR count). The molecule has 98 valence electrons. The molecule has 5 nitrogen and oxygen atoms in total. The first-order valence-corrected chi connectivity index (χ1v) is 5.86. The molecular weight excluding hydrogens is 268 g/mol. The second-order valence-corrected chi connectivity index (χ2v) is 4.27. The van der Waals surface area contributed by atoms with Gasteiger partial charge in [0.25, 0.3) is 5.69 Å². The standard InChI is InChI=1S/C13H11ClN2O3/c14-11-4-2-1-3-9(11)8-19-13-6-5-10(16(17)18)7-12(13)15/h1-7H,8,15H2. The molecule has 0 heterocycles. The number of non-ortho nitro benzene ring substituents is 1. The van der Waals surface area contributed by atoms with Crippen molar-refractivity contribution in [2.45, 2.75) is 6.61 Å². The van der Waals surface area contributed by atoms with E-state index in [1.165, 1.54) is 18.2 Å². The molecule has 0 bridgehead atoms. The van der Waals surface area contributed by atoms with Crippen molar-refractivity contribution in [3.05, 3.63) is 63.2 Å². The van der Waals surface area contributed by atoms with Gasteiger partial charge in [-0.05, 0) is 12.1 Å². The number of nitrogens with zero attached hydrogens (tertiary/aromatic N) is 1. The monoisotopic (exact) mass is 278 g/mol. The minimum atomic E-state index is -0.506. The van der Waals surface area contributed by atoms with E-state index in [9.17, 15) is 10.1 Å². The quantitative estimate of drug-likeness (QED) is 0.528. The number of nitro benzene ring substituents is 1. The normalized spacial score (nSPS) is 10.2. The van der Waals surface area contributed by atoms with E-state index >= 15 is 0 Å². The van der Waals surface area contributed by atoms with E-state index in [1.54, 1.807) is 6.07 Å². The van der Waals surface area contributed by atoms with Crippen molar-refractivity contribution in [2.24, 2.45) is 0 Å². The third-order valence-electron chi connectivity index (χ3n) is 2.55. The summed E-state index contributed by atoms with van der Waals surface area (Å²) < 4.78 is 5.51. The van der Waals surface area contributed by atoms with Gasteiger partial charge in [-0.1, -0.05) is 29.8 Å². The second-order valence-electron chi connectivity index (χ2n) is 3.86. The number of hydrogen-bond acceptors (Lipinski definition) is 4. The highest BCUT2D eigenvalue weighted by Crippen LogP contribution is 2.27. The van der Waals surface area contributed by atoms with Crippen LogP contribution in [-0.4, -0.2) is 4.92 Å². The molecule has 0 saturated carbocycles. The number of anilines is 1. The lowest BCUT2D eigenvalue weighted by molar-refractivity contribution is -0.384. The third-order valence-corrected chi connectivity index (χ3v) is 2.91. The van der Waals surface area contributed by atoms with E-state index in [4.69, 9.17) is 22.1 Å². The SMILES string of the molecule is Nc1cc([N+](=O)[O-])ccc1OCc1ccccc1Cl. The predicted molar refractivity (Wildman–Crippen MR) is 73.3 cm³/mol. The van der Waals surface area contributed by atoms with Crippen LogP contribution in [0, 0.1) is 10.1 Å². The number of rotatable bonds is 4. The summed E-state index contributed by atoms with van der Waals surface area (Å²) in [4.78, 5) is 10.1. The topological polar surface area (TPSA) is 78.4 Å². The zero-order chi connectivity index (χ0) is 13.8. The molecule has 2 N–H and O–H groups in total. The maximum atomic E-state index is 10.6. The van der Waals surface area contributed by atoms with Gasteiger partial charge >= 0.3 is 0 Å². The first kappa shape index (κ1) is 13.2. The largest absolute Gasteiger partial charge is 0.487 e. The molecule has 2 aromatic carbocycles. The van der Waals surface area contributed by atoms with Gasteiger partial charge in [0.1, 0.15) is 12.4 Å². The summed E-state index contributed by atoms with van der Waals surface area (Å²) in [7, 11) is 0. The fourth-order valence-electron chi connectivity index (χ4n) is 1.55. The van der Waals surface area contributed by atoms with E-state index < -0.39 is 4.92 Å². The van der Waals surface area contributed by atoms with E-state index in [0.717, 1.165) is 5.56 Å². The van der Waals surface area contributed by atoms with Crippen molar-refractivity contribution < 1.29 is 9.66 Å². The van der Waals surface area contributed by atoms with Crippen LogP contribution in [0.15, 0.2) is 42.5 Å². The number of nitrogens with two attached hydrogens (primary N) is 1. The van der Waals surface area contributed by atoms with Crippen LogP contribution in [0.1, 0.15) is 5.56 Å². The van der Waals surface area contributed by atoms with Gasteiger partial charge in [0.05, 0.1) is 10.6 Å². The molecule has 0 saturated heterocycles. The molecule has 0 aromatic heterocycles. The molecule has 0 amide bonds. The van der Waals surface area contributed by atoms with Crippen molar-refractivity contribution in [1.82, 2.24) is 0 Å². The Morgan fingerprint density at radius 1 is 1.26 bits per heavy atom. The molecule has 6 heteroatoms. The molecule has 0 aliphatic carbocycles. The Labute approximate surface area is 114 Å². The Balaban J connectivity index is 2.12. The number of hydrogen-bond donors (Lipinski definition) is 1. The summed E-state index contributed by atoms with van der Waals surface area (Å²) >= 11 is 6.00. The van der Waals surface area contributed by atoms with Crippen molar-refractivity contribution in [1.29, 1.82) is 0 Å². The molecule has 0 aliphatic heterocycles. The van der Waals surface area contributed by atoms with E-state index in [-0.39, 0.29) is 18.0 Å². The Kier molecular flexibility index (Phi) is 3.87. The summed E-state index contributed by atoms with van der Waals surface area (Å²) in [5, 5.41) is 11.2. The Bertz CT molecular complexity index is 617. The maximum Gasteiger partial charge on any atom is 0.271 e. The predicted octanol–water partition coefficient (Wildman–Crippen LogP) is 3.41. The average molecular weight is 279 g/mol. The first-order chi connectivity index (χ1) is 9.08. The van der Waals surface area contributed by atoms with Gasteiger partial charge in [-0.2, -0.15) is 0 Å². The zero-order valence-corrected chi connectivity index (χ0v) is 10.6. The summed E-state index contributed by atoms with van der Waals surface area (Å²) in [5.74, 6) is 0.394. The van der Waals surface area contributed by atoms with Crippen molar-refractivity contribution >= 4 is 23.0 Å². The van der Waals surface area contributed by atoms with Crippen molar-refractivity contribution in [2.75, 3.05) is 5.73 Å². The Morgan fingerprint density at radius 3 is 2.63 bits per heavy atom. The van der Waals surface area contributed by atoms with Crippen LogP contribution >= 0.6 is 11.6 Å². The molecule has 2 aromatic rings. The number of nitrogen functional groups attached to an aromatic ring is 1. The summed E-state index contributed by atoms with van der Waals surface area (Å²) in [6.45, 7) is 0.252. The van der Waals surface area contributed by atoms with Gasteiger partial charge < -0.3 is 10.5 Å². The molecule has 0 spiro atoms. The zero-order valence-electron chi connectivity index (χ0n) is 9.88. The van der Waals surface area contributed by atoms with Gasteiger partial charge in [-0.25, -0.2) is 0 Å². The Morgan fingerprint density at radius 2 is 2.00 bits per heavy atom. The van der Waals surface area contributed by atoms with Crippen LogP contribution in [0.5, 0.6) is 5.75 Å². The molecule has 0 atom stereocenters. The highest BCUT2D eigenvalue weighted by atomic mass is 35.5. The van der Waals surface area contributed by atoms with E-state index in [0.29, 0.717) is 10.8 Å². The number of benzene rings is 2. The van der Waals surface area contributed by atoms with Crippen LogP contribution in [-0.2, 0) is 6.61 Å². The summed E-state index contributed by atoms with van der Waals surface area (Å²) in [5.41, 5.74) is 6.68. The van der Waals surface area contributed by atoms with Crippen LogP contribution in [0.25, 0.3) is 0 Å². The first-order valence-electron chi connectivity index (χ1n) is 5.48. The highest BCUT2D eigenvalue weighted by molar-refractivity contribution is 6.31. The lowest BCUT2D eigenvalue weighted by Crippen LogP contribution is -2.00. The molecule has 0 unspecified atom stereocenters. The fourth-order valence-corrected chi connectivity index (χ4v) is 1.74. The lowest BCUT2D eigenvalue weighted by atomic mass is 10.2. The van der Waals surface area contributed by atoms with Gasteiger partial charge in [0, 0.05) is 22.7 Å². The van der Waals surface area contributed by atoms with Crippen LogP contribution in [0.2, 0.25) is 5.02 Å². The van der Waals surface area contributed by atoms with E-state index in [1.807, 2.05) is 18.2 Å². The highest BCUT2D eigenvalue weighted by Gasteiger charge is 2.10. The molecule has 19 heavy (non-hydrogen) atoms. The molecule has 0 fully saturated rings. The smallest absolute Gasteiger partial charge is 0.271 e. The Hall–Kier alpha value is -2.27.